The van der Waals surface area contributed by atoms with E-state index in [1.807, 2.05) is 6.07 Å². The van der Waals surface area contributed by atoms with E-state index in [0.717, 1.165) is 34.6 Å². The van der Waals surface area contributed by atoms with Gasteiger partial charge in [0.05, 0.1) is 16.4 Å². The molecule has 2 aromatic heterocycles. The fourth-order valence-electron chi connectivity index (χ4n) is 2.81. The van der Waals surface area contributed by atoms with Crippen LogP contribution in [-0.4, -0.2) is 17.7 Å². The largest absolute Gasteiger partial charge is 0.347 e. The molecule has 0 saturated heterocycles. The summed E-state index contributed by atoms with van der Waals surface area (Å²) in [7, 11) is 0. The highest BCUT2D eigenvalue weighted by atomic mass is 35.5. The number of hydrogen-bond donors (Lipinski definition) is 2. The maximum absolute atomic E-state index is 13.3. The van der Waals surface area contributed by atoms with Crippen molar-refractivity contribution in [3.05, 3.63) is 37.4 Å². The van der Waals surface area contributed by atoms with Crippen molar-refractivity contribution in [1.29, 1.82) is 0 Å². The van der Waals surface area contributed by atoms with E-state index in [1.165, 1.54) is 22.7 Å². The van der Waals surface area contributed by atoms with Gasteiger partial charge in [0, 0.05) is 16.7 Å². The zero-order valence-electron chi connectivity index (χ0n) is 14.0. The van der Waals surface area contributed by atoms with E-state index >= 15 is 0 Å². The van der Waals surface area contributed by atoms with Gasteiger partial charge in [0.25, 0.3) is 11.8 Å². The van der Waals surface area contributed by atoms with Crippen molar-refractivity contribution in [3.8, 4) is 0 Å². The van der Waals surface area contributed by atoms with Gasteiger partial charge in [-0.15, -0.1) is 22.7 Å². The Hall–Kier alpha value is -1.51. The molecular formula is C17H17ClF2N2O2S2. The summed E-state index contributed by atoms with van der Waals surface area (Å²) < 4.78 is 27.2. The number of aryl methyl sites for hydroxylation is 1. The number of nitrogens with one attached hydrogen (secondary N) is 2. The molecule has 2 amide bonds. The van der Waals surface area contributed by atoms with Gasteiger partial charge >= 0.3 is 5.92 Å². The Balaban J connectivity index is 1.84. The van der Waals surface area contributed by atoms with Crippen LogP contribution in [0, 0.1) is 0 Å². The minimum atomic E-state index is -3.51. The minimum absolute atomic E-state index is 0.199. The van der Waals surface area contributed by atoms with E-state index in [-0.39, 0.29) is 17.5 Å². The van der Waals surface area contributed by atoms with Crippen molar-refractivity contribution in [2.75, 3.05) is 5.32 Å². The zero-order valence-corrected chi connectivity index (χ0v) is 16.3. The second kappa shape index (κ2) is 7.62. The molecular weight excluding hydrogens is 402 g/mol. The standard InChI is InChI=1S/C17H17ClF2N2O2S2/c1-17(19,20)16(24)22-15-13(10-4-2-3-5-11(10)26-15)14(23)21-8-9-6-7-12(18)25-9/h6-7H,2-5,8H2,1H3,(H,21,23)(H,22,24). The fourth-order valence-corrected chi connectivity index (χ4v) is 5.12. The van der Waals surface area contributed by atoms with Crippen LogP contribution in [-0.2, 0) is 24.2 Å². The van der Waals surface area contributed by atoms with Gasteiger partial charge in [0.2, 0.25) is 0 Å². The third-order valence-corrected chi connectivity index (χ3v) is 6.51. The molecule has 0 saturated carbocycles. The molecule has 0 atom stereocenters. The highest BCUT2D eigenvalue weighted by Crippen LogP contribution is 2.38. The topological polar surface area (TPSA) is 58.2 Å². The lowest BCUT2D eigenvalue weighted by Gasteiger charge is -2.14. The average Bonchev–Trinajstić information content (AvgIpc) is 3.14. The molecule has 1 aliphatic carbocycles. The van der Waals surface area contributed by atoms with Gasteiger partial charge in [-0.05, 0) is 43.4 Å². The van der Waals surface area contributed by atoms with E-state index in [1.54, 1.807) is 6.07 Å². The predicted octanol–water partition coefficient (Wildman–Crippen LogP) is 4.87. The molecule has 140 valence electrons. The molecule has 4 nitrogen and oxygen atoms in total. The van der Waals surface area contributed by atoms with Crippen LogP contribution in [0.1, 0.15) is 45.4 Å². The van der Waals surface area contributed by atoms with Crippen LogP contribution in [0.25, 0.3) is 0 Å². The number of thiophene rings is 2. The number of halogens is 3. The van der Waals surface area contributed by atoms with Crippen molar-refractivity contribution < 1.29 is 18.4 Å². The molecule has 1 aliphatic rings. The van der Waals surface area contributed by atoms with Gasteiger partial charge in [-0.25, -0.2) is 0 Å². The summed E-state index contributed by atoms with van der Waals surface area (Å²) in [5, 5.41) is 5.24. The fraction of sp³-hybridized carbons (Fsp3) is 0.412. The number of rotatable bonds is 5. The van der Waals surface area contributed by atoms with Crippen molar-refractivity contribution in [2.45, 2.75) is 45.1 Å². The Labute approximate surface area is 162 Å². The van der Waals surface area contributed by atoms with Gasteiger partial charge in [-0.2, -0.15) is 8.78 Å². The first kappa shape index (κ1) is 19.3. The van der Waals surface area contributed by atoms with Crippen molar-refractivity contribution >= 4 is 51.1 Å². The summed E-state index contributed by atoms with van der Waals surface area (Å²) in [4.78, 5) is 26.3. The van der Waals surface area contributed by atoms with Crippen LogP contribution in [0.2, 0.25) is 4.34 Å². The van der Waals surface area contributed by atoms with Crippen LogP contribution in [0.15, 0.2) is 12.1 Å². The van der Waals surface area contributed by atoms with E-state index < -0.39 is 11.8 Å². The minimum Gasteiger partial charge on any atom is -0.347 e. The lowest BCUT2D eigenvalue weighted by molar-refractivity contribution is -0.137. The Morgan fingerprint density at radius 1 is 1.23 bits per heavy atom. The summed E-state index contributed by atoms with van der Waals surface area (Å²) in [6, 6.07) is 3.56. The lowest BCUT2D eigenvalue weighted by Crippen LogP contribution is -2.32. The summed E-state index contributed by atoms with van der Waals surface area (Å²) >= 11 is 8.46. The Morgan fingerprint density at radius 2 is 1.96 bits per heavy atom. The average molecular weight is 419 g/mol. The smallest absolute Gasteiger partial charge is 0.322 e. The van der Waals surface area contributed by atoms with Crippen LogP contribution < -0.4 is 10.6 Å². The quantitative estimate of drug-likeness (QED) is 0.728. The molecule has 0 bridgehead atoms. The number of hydrogen-bond acceptors (Lipinski definition) is 4. The second-order valence-corrected chi connectivity index (χ2v) is 9.05. The number of fused-ring (bicyclic) bond motifs is 1. The molecule has 0 aromatic carbocycles. The third kappa shape index (κ3) is 4.24. The first-order valence-electron chi connectivity index (χ1n) is 8.12. The van der Waals surface area contributed by atoms with Crippen molar-refractivity contribution in [3.63, 3.8) is 0 Å². The molecule has 2 N–H and O–H groups in total. The molecule has 2 aromatic rings. The summed E-state index contributed by atoms with van der Waals surface area (Å²) in [6.45, 7) is 0.828. The zero-order chi connectivity index (χ0) is 18.9. The maximum Gasteiger partial charge on any atom is 0.322 e. The van der Waals surface area contributed by atoms with Crippen molar-refractivity contribution in [2.24, 2.45) is 0 Å². The third-order valence-electron chi connectivity index (χ3n) is 4.08. The molecule has 0 radical (unpaired) electrons. The number of alkyl halides is 2. The van der Waals surface area contributed by atoms with E-state index in [4.69, 9.17) is 11.6 Å². The second-order valence-electron chi connectivity index (χ2n) is 6.15. The van der Waals surface area contributed by atoms with Gasteiger partial charge < -0.3 is 10.6 Å². The first-order valence-corrected chi connectivity index (χ1v) is 10.1. The lowest BCUT2D eigenvalue weighted by atomic mass is 9.95. The molecule has 0 aliphatic heterocycles. The summed E-state index contributed by atoms with van der Waals surface area (Å²) in [5.74, 6) is -5.29. The summed E-state index contributed by atoms with van der Waals surface area (Å²) in [5.41, 5.74) is 1.17. The highest BCUT2D eigenvalue weighted by molar-refractivity contribution is 7.17. The van der Waals surface area contributed by atoms with Crippen molar-refractivity contribution in [1.82, 2.24) is 5.32 Å². The Morgan fingerprint density at radius 3 is 2.62 bits per heavy atom. The predicted molar refractivity (Wildman–Crippen MR) is 101 cm³/mol. The molecule has 0 spiro atoms. The van der Waals surface area contributed by atoms with Gasteiger partial charge in [0.1, 0.15) is 5.00 Å². The Kier molecular flexibility index (Phi) is 5.64. The molecule has 0 unspecified atom stereocenters. The number of carbonyl (C=O) groups is 2. The van der Waals surface area contributed by atoms with E-state index in [9.17, 15) is 18.4 Å². The number of amides is 2. The molecule has 2 heterocycles. The number of carbonyl (C=O) groups excluding carboxylic acids is 2. The normalized spacial score (nSPS) is 14.0. The molecule has 0 fully saturated rings. The maximum atomic E-state index is 13.3. The van der Waals surface area contributed by atoms with Crippen LogP contribution >= 0.6 is 34.3 Å². The highest BCUT2D eigenvalue weighted by Gasteiger charge is 2.35. The first-order chi connectivity index (χ1) is 12.3. The van der Waals surface area contributed by atoms with E-state index in [0.29, 0.717) is 23.2 Å². The van der Waals surface area contributed by atoms with Gasteiger partial charge in [0.15, 0.2) is 0 Å². The SMILES string of the molecule is CC(F)(F)C(=O)Nc1sc2c(c1C(=O)NCc1ccc(Cl)s1)CCCC2. The van der Waals surface area contributed by atoms with Crippen LogP contribution in [0.5, 0.6) is 0 Å². The molecule has 3 rings (SSSR count). The molecule has 9 heteroatoms. The monoisotopic (exact) mass is 418 g/mol. The van der Waals surface area contributed by atoms with E-state index in [2.05, 4.69) is 10.6 Å². The van der Waals surface area contributed by atoms with Crippen LogP contribution in [0.4, 0.5) is 13.8 Å². The van der Waals surface area contributed by atoms with Crippen LogP contribution in [0.3, 0.4) is 0 Å². The number of anilines is 1. The van der Waals surface area contributed by atoms with Gasteiger partial charge in [-0.1, -0.05) is 11.6 Å². The Bertz CT molecular complexity index is 842. The van der Waals surface area contributed by atoms with Gasteiger partial charge in [-0.3, -0.25) is 9.59 Å². The summed E-state index contributed by atoms with van der Waals surface area (Å²) in [6.07, 6.45) is 3.42. The molecule has 26 heavy (non-hydrogen) atoms.